The van der Waals surface area contributed by atoms with Crippen LogP contribution in [0.5, 0.6) is 0 Å². The molecule has 0 radical (unpaired) electrons. The molecule has 0 fully saturated rings. The van der Waals surface area contributed by atoms with E-state index >= 15 is 0 Å². The molecule has 0 aliphatic carbocycles. The van der Waals surface area contributed by atoms with Gasteiger partial charge in [0.25, 0.3) is 0 Å². The Bertz CT molecular complexity index is 162. The van der Waals surface area contributed by atoms with Crippen LogP contribution in [0.25, 0.3) is 0 Å². The quantitative estimate of drug-likeness (QED) is 0.573. The van der Waals surface area contributed by atoms with Crippen molar-refractivity contribution < 1.29 is 4.79 Å². The highest BCUT2D eigenvalue weighted by molar-refractivity contribution is 5.83. The number of hydrogen-bond donors (Lipinski definition) is 0. The fourth-order valence-electron chi connectivity index (χ4n) is 0.768. The molecule has 0 aromatic heterocycles. The minimum absolute atomic E-state index is 0.164. The fraction of sp³-hybridized carbons (Fsp3) is 0.778. The van der Waals surface area contributed by atoms with Crippen LogP contribution in [0.3, 0.4) is 0 Å². The number of aliphatic imine (C=N–C) groups is 1. The highest BCUT2D eigenvalue weighted by Crippen LogP contribution is 1.86. The summed E-state index contributed by atoms with van der Waals surface area (Å²) in [5, 5.41) is 0. The Kier molecular flexibility index (Phi) is 5.54. The molecule has 0 rings (SSSR count). The molecule has 0 spiro atoms. The second kappa shape index (κ2) is 5.89. The molecule has 0 aliphatic heterocycles. The van der Waals surface area contributed by atoms with Gasteiger partial charge < -0.3 is 4.90 Å². The summed E-state index contributed by atoms with van der Waals surface area (Å²) in [6, 6.07) is 0. The maximum absolute atomic E-state index is 11.1. The lowest BCUT2D eigenvalue weighted by atomic mass is 10.2. The molecule has 0 saturated carbocycles. The van der Waals surface area contributed by atoms with E-state index in [-0.39, 0.29) is 5.78 Å². The molecule has 3 nitrogen and oxygen atoms in total. The summed E-state index contributed by atoms with van der Waals surface area (Å²) in [5.41, 5.74) is 0. The van der Waals surface area contributed by atoms with E-state index in [0.717, 1.165) is 0 Å². The molecule has 0 N–H and O–H groups in total. The van der Waals surface area contributed by atoms with E-state index in [0.29, 0.717) is 19.0 Å². The van der Waals surface area contributed by atoms with Crippen molar-refractivity contribution in [2.75, 3.05) is 27.2 Å². The van der Waals surface area contributed by atoms with Crippen LogP contribution in [0.4, 0.5) is 0 Å². The van der Waals surface area contributed by atoms with Gasteiger partial charge in [-0.25, -0.2) is 0 Å². The first kappa shape index (κ1) is 11.3. The highest BCUT2D eigenvalue weighted by Gasteiger charge is 2.00. The number of rotatable bonds is 5. The zero-order chi connectivity index (χ0) is 9.56. The molecular formula is C9H18N2O. The minimum Gasteiger partial charge on any atom is -0.302 e. The van der Waals surface area contributed by atoms with E-state index in [1.807, 2.05) is 39.1 Å². The lowest BCUT2D eigenvalue weighted by molar-refractivity contribution is -0.118. The number of nitrogens with zero attached hydrogens (tertiary/aromatic N) is 2. The SMILES string of the molecule is CC(C)C=NCC(=O)CN(C)C. The van der Waals surface area contributed by atoms with Gasteiger partial charge in [-0.15, -0.1) is 0 Å². The predicted octanol–water partition coefficient (Wildman–Crippen LogP) is 0.844. The Morgan fingerprint density at radius 1 is 1.50 bits per heavy atom. The zero-order valence-electron chi connectivity index (χ0n) is 8.37. The second-order valence-electron chi connectivity index (χ2n) is 3.51. The van der Waals surface area contributed by atoms with Gasteiger partial charge in [-0.2, -0.15) is 0 Å². The summed E-state index contributed by atoms with van der Waals surface area (Å²) in [5.74, 6) is 0.592. The maximum Gasteiger partial charge on any atom is 0.168 e. The molecule has 0 amide bonds. The van der Waals surface area contributed by atoms with Gasteiger partial charge in [-0.05, 0) is 20.0 Å². The number of ketones is 1. The average molecular weight is 170 g/mol. The molecule has 70 valence electrons. The van der Waals surface area contributed by atoms with Crippen molar-refractivity contribution in [2.24, 2.45) is 10.9 Å². The summed E-state index contributed by atoms with van der Waals surface area (Å²) < 4.78 is 0. The Labute approximate surface area is 74.5 Å². The van der Waals surface area contributed by atoms with Gasteiger partial charge in [-0.1, -0.05) is 13.8 Å². The first-order valence-corrected chi connectivity index (χ1v) is 4.18. The van der Waals surface area contributed by atoms with Crippen molar-refractivity contribution in [3.63, 3.8) is 0 Å². The number of hydrogen-bond acceptors (Lipinski definition) is 3. The topological polar surface area (TPSA) is 32.7 Å². The summed E-state index contributed by atoms with van der Waals surface area (Å²) >= 11 is 0. The Hall–Kier alpha value is -0.700. The molecule has 3 heteroatoms. The second-order valence-corrected chi connectivity index (χ2v) is 3.51. The van der Waals surface area contributed by atoms with Crippen molar-refractivity contribution in [3.8, 4) is 0 Å². The summed E-state index contributed by atoms with van der Waals surface area (Å²) in [6.07, 6.45) is 1.81. The Balaban J connectivity index is 3.57. The van der Waals surface area contributed by atoms with Crippen LogP contribution in [-0.2, 0) is 4.79 Å². The lowest BCUT2D eigenvalue weighted by Crippen LogP contribution is -2.23. The average Bonchev–Trinajstić information content (AvgIpc) is 1.84. The van der Waals surface area contributed by atoms with E-state index in [2.05, 4.69) is 4.99 Å². The van der Waals surface area contributed by atoms with E-state index in [1.165, 1.54) is 0 Å². The van der Waals surface area contributed by atoms with Crippen LogP contribution in [-0.4, -0.2) is 44.1 Å². The maximum atomic E-state index is 11.1. The third-order valence-corrected chi connectivity index (χ3v) is 1.16. The van der Waals surface area contributed by atoms with Gasteiger partial charge in [-0.3, -0.25) is 9.79 Å². The number of carbonyl (C=O) groups excluding carboxylic acids is 1. The van der Waals surface area contributed by atoms with Crippen molar-refractivity contribution >= 4 is 12.0 Å². The summed E-state index contributed by atoms with van der Waals surface area (Å²) in [7, 11) is 3.76. The van der Waals surface area contributed by atoms with E-state index in [4.69, 9.17) is 0 Å². The van der Waals surface area contributed by atoms with Gasteiger partial charge >= 0.3 is 0 Å². The van der Waals surface area contributed by atoms with Crippen molar-refractivity contribution in [2.45, 2.75) is 13.8 Å². The first-order chi connectivity index (χ1) is 5.52. The number of Topliss-reactive ketones (excluding diaryl/α,β-unsaturated/α-hetero) is 1. The summed E-state index contributed by atoms with van der Waals surface area (Å²) in [4.78, 5) is 17.0. The summed E-state index contributed by atoms with van der Waals surface area (Å²) in [6.45, 7) is 4.88. The van der Waals surface area contributed by atoms with Crippen molar-refractivity contribution in [3.05, 3.63) is 0 Å². The van der Waals surface area contributed by atoms with Crippen LogP contribution in [0, 0.1) is 5.92 Å². The van der Waals surface area contributed by atoms with Crippen LogP contribution in [0.1, 0.15) is 13.8 Å². The van der Waals surface area contributed by atoms with Crippen molar-refractivity contribution in [1.82, 2.24) is 4.90 Å². The van der Waals surface area contributed by atoms with Crippen LogP contribution < -0.4 is 0 Å². The Morgan fingerprint density at radius 2 is 2.08 bits per heavy atom. The van der Waals surface area contributed by atoms with Gasteiger partial charge in [0.05, 0.1) is 13.1 Å². The van der Waals surface area contributed by atoms with Gasteiger partial charge in [0, 0.05) is 6.21 Å². The molecule has 0 saturated heterocycles. The fourth-order valence-corrected chi connectivity index (χ4v) is 0.768. The highest BCUT2D eigenvalue weighted by atomic mass is 16.1. The van der Waals surface area contributed by atoms with E-state index in [1.54, 1.807) is 0 Å². The lowest BCUT2D eigenvalue weighted by Gasteiger charge is -2.05. The minimum atomic E-state index is 0.164. The molecule has 0 atom stereocenters. The van der Waals surface area contributed by atoms with Crippen LogP contribution in [0.15, 0.2) is 4.99 Å². The standard InChI is InChI=1S/C9H18N2O/c1-8(2)5-10-6-9(12)7-11(3)4/h5,8H,6-7H2,1-4H3. The number of likely N-dealkylation sites (N-methyl/N-ethyl adjacent to an activating group) is 1. The third-order valence-electron chi connectivity index (χ3n) is 1.16. The van der Waals surface area contributed by atoms with Crippen LogP contribution in [0.2, 0.25) is 0 Å². The molecule has 0 aliphatic rings. The van der Waals surface area contributed by atoms with E-state index in [9.17, 15) is 4.79 Å². The monoisotopic (exact) mass is 170 g/mol. The van der Waals surface area contributed by atoms with Gasteiger partial charge in [0.2, 0.25) is 0 Å². The number of carbonyl (C=O) groups is 1. The molecule has 0 unspecified atom stereocenters. The smallest absolute Gasteiger partial charge is 0.168 e. The predicted molar refractivity (Wildman–Crippen MR) is 51.8 cm³/mol. The molecular weight excluding hydrogens is 152 g/mol. The molecule has 0 aromatic rings. The normalized spacial score (nSPS) is 11.8. The van der Waals surface area contributed by atoms with Gasteiger partial charge in [0.15, 0.2) is 5.78 Å². The largest absolute Gasteiger partial charge is 0.302 e. The third kappa shape index (κ3) is 7.41. The van der Waals surface area contributed by atoms with Crippen LogP contribution >= 0.6 is 0 Å². The molecule has 0 aromatic carbocycles. The molecule has 12 heavy (non-hydrogen) atoms. The zero-order valence-corrected chi connectivity index (χ0v) is 8.37. The first-order valence-electron chi connectivity index (χ1n) is 4.18. The van der Waals surface area contributed by atoms with Crippen molar-refractivity contribution in [1.29, 1.82) is 0 Å². The van der Waals surface area contributed by atoms with E-state index < -0.39 is 0 Å². The molecule has 0 bridgehead atoms. The molecule has 0 heterocycles. The Morgan fingerprint density at radius 3 is 2.50 bits per heavy atom. The van der Waals surface area contributed by atoms with Gasteiger partial charge in [0.1, 0.15) is 0 Å².